The molecule has 0 bridgehead atoms. The number of allylic oxidation sites excluding steroid dienone is 1. The molecule has 0 aromatic heterocycles. The summed E-state index contributed by atoms with van der Waals surface area (Å²) in [5, 5.41) is 2.32. The van der Waals surface area contributed by atoms with Gasteiger partial charge >= 0.3 is 23.9 Å². The largest absolute Gasteiger partial charge is 0.457 e. The van der Waals surface area contributed by atoms with E-state index >= 15 is 0 Å². The Kier molecular flexibility index (Phi) is 12.8. The normalized spacial score (nSPS) is 9.43. The smallest absolute Gasteiger partial charge is 0.417 e. The van der Waals surface area contributed by atoms with Crippen molar-refractivity contribution in [2.45, 2.75) is 12.8 Å². The van der Waals surface area contributed by atoms with Gasteiger partial charge < -0.3 is 24.3 Å². The Bertz CT molecular complexity index is 571. The summed E-state index contributed by atoms with van der Waals surface area (Å²) in [6.45, 7) is 5.09. The fourth-order valence-electron chi connectivity index (χ4n) is 1.41. The summed E-state index contributed by atoms with van der Waals surface area (Å²) in [5.41, 5.74) is 0. The van der Waals surface area contributed by atoms with Gasteiger partial charge in [0.25, 0.3) is 0 Å². The zero-order valence-electron chi connectivity index (χ0n) is 15.1. The van der Waals surface area contributed by atoms with E-state index in [1.54, 1.807) is 0 Å². The Labute approximate surface area is 160 Å². The average Bonchev–Trinajstić information content (AvgIpc) is 2.70. The molecule has 0 unspecified atom stereocenters. The molecule has 11 nitrogen and oxygen atoms in total. The van der Waals surface area contributed by atoms with E-state index in [1.807, 2.05) is 0 Å². The number of carbonyl (C=O) groups is 6. The first kappa shape index (κ1) is 24.5. The first-order valence-electron chi connectivity index (χ1n) is 8.05. The second-order valence-electron chi connectivity index (χ2n) is 4.81. The van der Waals surface area contributed by atoms with E-state index in [-0.39, 0.29) is 38.4 Å². The predicted molar refractivity (Wildman–Crippen MR) is 91.5 cm³/mol. The van der Waals surface area contributed by atoms with Crippen molar-refractivity contribution < 1.29 is 47.7 Å². The zero-order chi connectivity index (χ0) is 21.4. The third kappa shape index (κ3) is 12.0. The number of rotatable bonds is 12. The molecule has 0 atom stereocenters. The Hall–Kier alpha value is -3.50. The van der Waals surface area contributed by atoms with Crippen molar-refractivity contribution in [1.82, 2.24) is 5.32 Å². The molecule has 11 heteroatoms. The van der Waals surface area contributed by atoms with Gasteiger partial charge in [-0.25, -0.2) is 19.2 Å². The van der Waals surface area contributed by atoms with E-state index in [9.17, 15) is 28.8 Å². The molecule has 0 fully saturated rings. The van der Waals surface area contributed by atoms with Crippen LogP contribution in [0.2, 0.25) is 0 Å². The molecule has 0 aliphatic heterocycles. The number of ether oxygens (including phenoxy) is 4. The van der Waals surface area contributed by atoms with Crippen LogP contribution in [-0.2, 0) is 47.7 Å². The van der Waals surface area contributed by atoms with Gasteiger partial charge in [0.15, 0.2) is 5.78 Å². The van der Waals surface area contributed by atoms with Gasteiger partial charge in [-0.3, -0.25) is 9.59 Å². The molecule has 0 aliphatic rings. The lowest BCUT2D eigenvalue weighted by atomic mass is 10.2. The molecule has 0 rings (SSSR count). The number of esters is 4. The van der Waals surface area contributed by atoms with E-state index in [4.69, 9.17) is 0 Å². The SMILES string of the molecule is C=CC(=O)CCCOC(=O)C(=O)OCCOC(=O)C(=O)OCCNC(=O)C=C. The number of ketones is 1. The lowest BCUT2D eigenvalue weighted by Crippen LogP contribution is -2.29. The minimum Gasteiger partial charge on any atom is -0.457 e. The quantitative estimate of drug-likeness (QED) is 0.142. The maximum atomic E-state index is 11.3. The fourth-order valence-corrected chi connectivity index (χ4v) is 1.41. The van der Waals surface area contributed by atoms with Crippen LogP contribution in [0.5, 0.6) is 0 Å². The summed E-state index contributed by atoms with van der Waals surface area (Å²) in [5.74, 6) is -5.90. The molecule has 1 N–H and O–H groups in total. The highest BCUT2D eigenvalue weighted by Gasteiger charge is 2.19. The second kappa shape index (κ2) is 14.6. The van der Waals surface area contributed by atoms with Crippen LogP contribution in [0.4, 0.5) is 0 Å². The summed E-state index contributed by atoms with van der Waals surface area (Å²) in [7, 11) is 0. The Morgan fingerprint density at radius 3 is 1.61 bits per heavy atom. The van der Waals surface area contributed by atoms with Crippen LogP contribution in [0.25, 0.3) is 0 Å². The first-order valence-corrected chi connectivity index (χ1v) is 8.05. The molecule has 0 spiro atoms. The molecule has 0 heterocycles. The minimum atomic E-state index is -1.33. The number of hydrogen-bond donors (Lipinski definition) is 1. The molecular weight excluding hydrogens is 378 g/mol. The van der Waals surface area contributed by atoms with Gasteiger partial charge in [-0.05, 0) is 18.6 Å². The Morgan fingerprint density at radius 2 is 1.14 bits per heavy atom. The molecular formula is C17H21NO10. The first-order chi connectivity index (χ1) is 13.3. The van der Waals surface area contributed by atoms with Crippen molar-refractivity contribution >= 4 is 35.6 Å². The van der Waals surface area contributed by atoms with Crippen LogP contribution in [0.3, 0.4) is 0 Å². The molecule has 0 aromatic carbocycles. The van der Waals surface area contributed by atoms with Gasteiger partial charge in [-0.2, -0.15) is 0 Å². The molecule has 0 radical (unpaired) electrons. The molecule has 1 amide bonds. The summed E-state index contributed by atoms with van der Waals surface area (Å²) >= 11 is 0. The highest BCUT2D eigenvalue weighted by Crippen LogP contribution is 1.95. The van der Waals surface area contributed by atoms with E-state index in [2.05, 4.69) is 37.4 Å². The van der Waals surface area contributed by atoms with Crippen LogP contribution in [0.15, 0.2) is 25.3 Å². The van der Waals surface area contributed by atoms with E-state index in [0.29, 0.717) is 0 Å². The lowest BCUT2D eigenvalue weighted by molar-refractivity contribution is -0.172. The van der Waals surface area contributed by atoms with E-state index in [0.717, 1.165) is 12.2 Å². The highest BCUT2D eigenvalue weighted by atomic mass is 16.6. The van der Waals surface area contributed by atoms with Crippen molar-refractivity contribution in [3.8, 4) is 0 Å². The van der Waals surface area contributed by atoms with Crippen molar-refractivity contribution in [3.63, 3.8) is 0 Å². The van der Waals surface area contributed by atoms with E-state index in [1.165, 1.54) is 0 Å². The van der Waals surface area contributed by atoms with Gasteiger partial charge in [-0.15, -0.1) is 0 Å². The van der Waals surface area contributed by atoms with Crippen molar-refractivity contribution in [3.05, 3.63) is 25.3 Å². The molecule has 28 heavy (non-hydrogen) atoms. The van der Waals surface area contributed by atoms with Gasteiger partial charge in [0.05, 0.1) is 13.2 Å². The maximum Gasteiger partial charge on any atom is 0.417 e. The van der Waals surface area contributed by atoms with Gasteiger partial charge in [-0.1, -0.05) is 13.2 Å². The van der Waals surface area contributed by atoms with Gasteiger partial charge in [0, 0.05) is 6.42 Å². The summed E-state index contributed by atoms with van der Waals surface area (Å²) in [6.07, 6.45) is 2.50. The topological polar surface area (TPSA) is 151 Å². The van der Waals surface area contributed by atoms with Gasteiger partial charge in [0.1, 0.15) is 19.8 Å². The van der Waals surface area contributed by atoms with Crippen LogP contribution >= 0.6 is 0 Å². The number of nitrogens with one attached hydrogen (secondary N) is 1. The van der Waals surface area contributed by atoms with Crippen molar-refractivity contribution in [1.29, 1.82) is 0 Å². The van der Waals surface area contributed by atoms with Crippen molar-refractivity contribution in [2.75, 3.05) is 33.0 Å². The average molecular weight is 399 g/mol. The van der Waals surface area contributed by atoms with E-state index < -0.39 is 43.0 Å². The van der Waals surface area contributed by atoms with Crippen LogP contribution < -0.4 is 5.32 Å². The molecule has 0 aliphatic carbocycles. The minimum absolute atomic E-state index is 0.0225. The predicted octanol–water partition coefficient (Wildman–Crippen LogP) is -1.00. The zero-order valence-corrected chi connectivity index (χ0v) is 15.1. The van der Waals surface area contributed by atoms with Crippen LogP contribution in [0.1, 0.15) is 12.8 Å². The molecule has 0 saturated carbocycles. The molecule has 154 valence electrons. The third-order valence-electron chi connectivity index (χ3n) is 2.73. The van der Waals surface area contributed by atoms with Crippen molar-refractivity contribution in [2.24, 2.45) is 0 Å². The standard InChI is InChI=1S/C17H21NO10/c1-3-12(19)6-5-8-25-14(21)16(23)27-10-11-28-17(24)15(22)26-9-7-18-13(20)4-2/h3-4H,1-2,5-11H2,(H,18,20). The Balaban J connectivity index is 3.83. The molecule has 0 aromatic rings. The Morgan fingerprint density at radius 1 is 0.679 bits per heavy atom. The van der Waals surface area contributed by atoms with Crippen LogP contribution in [-0.4, -0.2) is 68.5 Å². The van der Waals surface area contributed by atoms with Crippen LogP contribution in [0, 0.1) is 0 Å². The third-order valence-corrected chi connectivity index (χ3v) is 2.73. The second-order valence-corrected chi connectivity index (χ2v) is 4.81. The number of hydrogen-bond acceptors (Lipinski definition) is 10. The summed E-state index contributed by atoms with van der Waals surface area (Å²) in [4.78, 5) is 66.9. The fraction of sp³-hybridized carbons (Fsp3) is 0.412. The monoisotopic (exact) mass is 399 g/mol. The lowest BCUT2D eigenvalue weighted by Gasteiger charge is -2.07. The van der Waals surface area contributed by atoms with Gasteiger partial charge in [0.2, 0.25) is 5.91 Å². The number of carbonyl (C=O) groups excluding carboxylic acids is 6. The highest BCUT2D eigenvalue weighted by molar-refractivity contribution is 6.30. The summed E-state index contributed by atoms with van der Waals surface area (Å²) < 4.78 is 18.1. The maximum absolute atomic E-state index is 11.3. The summed E-state index contributed by atoms with van der Waals surface area (Å²) in [6, 6.07) is 0. The number of amides is 1. The molecule has 0 saturated heterocycles.